The molecule has 0 aliphatic rings. The maximum absolute atomic E-state index is 12.9. The predicted molar refractivity (Wildman–Crippen MR) is 357 cm³/mol. The first-order valence-electron chi connectivity index (χ1n) is 33.8. The summed E-state index contributed by atoms with van der Waals surface area (Å²) >= 11 is 0. The Balaban J connectivity index is 4.51. The summed E-state index contributed by atoms with van der Waals surface area (Å²) in [6, 6.07) is 0. The molecule has 0 aromatic carbocycles. The molecule has 0 rings (SSSR count). The molecule has 0 saturated heterocycles. The number of hydrogen-bond donors (Lipinski definition) is 0. The molecule has 82 heavy (non-hydrogen) atoms. The largest absolute Gasteiger partial charge is 0.462 e. The van der Waals surface area contributed by atoms with Crippen LogP contribution in [0.25, 0.3) is 0 Å². The summed E-state index contributed by atoms with van der Waals surface area (Å²) in [5, 5.41) is 0. The third-order valence-electron chi connectivity index (χ3n) is 14.0. The molecule has 0 amide bonds. The van der Waals surface area contributed by atoms with Crippen molar-refractivity contribution in [1.82, 2.24) is 0 Å². The summed E-state index contributed by atoms with van der Waals surface area (Å²) in [6.45, 7) is 6.47. The first-order chi connectivity index (χ1) is 40.5. The van der Waals surface area contributed by atoms with Gasteiger partial charge in [-0.3, -0.25) is 14.4 Å². The second kappa shape index (κ2) is 68.8. The fourth-order valence-electron chi connectivity index (χ4n) is 8.99. The van der Waals surface area contributed by atoms with Gasteiger partial charge in [-0.05, 0) is 148 Å². The van der Waals surface area contributed by atoms with Crippen LogP contribution in [0.3, 0.4) is 0 Å². The maximum Gasteiger partial charge on any atom is 0.306 e. The number of carbonyl (C=O) groups is 3. The first-order valence-corrected chi connectivity index (χ1v) is 33.8. The number of ether oxygens (including phenoxy) is 3. The lowest BCUT2D eigenvalue weighted by Gasteiger charge is -2.18. The highest BCUT2D eigenvalue weighted by Gasteiger charge is 2.19. The van der Waals surface area contributed by atoms with Gasteiger partial charge in [0, 0.05) is 19.3 Å². The van der Waals surface area contributed by atoms with Crippen molar-refractivity contribution in [2.45, 2.75) is 303 Å². The third kappa shape index (κ3) is 66.1. The lowest BCUT2D eigenvalue weighted by molar-refractivity contribution is -0.167. The Bertz CT molecular complexity index is 1780. The quantitative estimate of drug-likeness (QED) is 0.0261. The number of allylic oxidation sites excluding steroid dienone is 24. The lowest BCUT2D eigenvalue weighted by Crippen LogP contribution is -2.30. The van der Waals surface area contributed by atoms with Crippen molar-refractivity contribution in [2.75, 3.05) is 13.2 Å². The number of esters is 3. The lowest BCUT2D eigenvalue weighted by atomic mass is 10.1. The van der Waals surface area contributed by atoms with E-state index in [4.69, 9.17) is 14.2 Å². The summed E-state index contributed by atoms with van der Waals surface area (Å²) in [5.41, 5.74) is 0. The molecule has 0 spiro atoms. The molecular formula is C76H124O6. The van der Waals surface area contributed by atoms with E-state index >= 15 is 0 Å². The van der Waals surface area contributed by atoms with E-state index in [1.807, 2.05) is 0 Å². The highest BCUT2D eigenvalue weighted by Crippen LogP contribution is 2.14. The van der Waals surface area contributed by atoms with Gasteiger partial charge in [0.2, 0.25) is 0 Å². The van der Waals surface area contributed by atoms with Crippen LogP contribution in [-0.2, 0) is 28.6 Å². The Kier molecular flexibility index (Phi) is 64.8. The normalized spacial score (nSPS) is 13.1. The van der Waals surface area contributed by atoms with Crippen molar-refractivity contribution >= 4 is 17.9 Å². The van der Waals surface area contributed by atoms with E-state index in [9.17, 15) is 14.4 Å². The smallest absolute Gasteiger partial charge is 0.306 e. The average molecular weight is 1130 g/mol. The molecule has 0 aliphatic heterocycles. The monoisotopic (exact) mass is 1130 g/mol. The van der Waals surface area contributed by atoms with Gasteiger partial charge in [0.15, 0.2) is 6.10 Å². The molecule has 464 valence electrons. The van der Waals surface area contributed by atoms with Crippen LogP contribution in [0.1, 0.15) is 297 Å². The zero-order valence-corrected chi connectivity index (χ0v) is 53.2. The zero-order valence-electron chi connectivity index (χ0n) is 53.2. The van der Waals surface area contributed by atoms with Crippen LogP contribution in [0.5, 0.6) is 0 Å². The van der Waals surface area contributed by atoms with E-state index in [1.165, 1.54) is 109 Å². The number of hydrogen-bond acceptors (Lipinski definition) is 6. The molecule has 0 aromatic heterocycles. The van der Waals surface area contributed by atoms with Gasteiger partial charge in [0.25, 0.3) is 0 Å². The van der Waals surface area contributed by atoms with Gasteiger partial charge < -0.3 is 14.2 Å². The molecule has 0 fully saturated rings. The van der Waals surface area contributed by atoms with Crippen molar-refractivity contribution < 1.29 is 28.6 Å². The molecule has 0 N–H and O–H groups in total. The fourth-order valence-corrected chi connectivity index (χ4v) is 8.99. The summed E-state index contributed by atoms with van der Waals surface area (Å²) in [6.07, 6.45) is 98.5. The molecule has 6 nitrogen and oxygen atoms in total. The predicted octanol–water partition coefficient (Wildman–Crippen LogP) is 23.5. The van der Waals surface area contributed by atoms with Gasteiger partial charge in [-0.25, -0.2) is 0 Å². The molecule has 0 radical (unpaired) electrons. The van der Waals surface area contributed by atoms with Crippen molar-refractivity contribution in [3.8, 4) is 0 Å². The van der Waals surface area contributed by atoms with Crippen molar-refractivity contribution in [1.29, 1.82) is 0 Å². The number of unbranched alkanes of at least 4 members (excludes halogenated alkanes) is 25. The van der Waals surface area contributed by atoms with Crippen molar-refractivity contribution in [3.05, 3.63) is 146 Å². The first kappa shape index (κ1) is 77.3. The Morgan fingerprint density at radius 1 is 0.256 bits per heavy atom. The Morgan fingerprint density at radius 2 is 0.476 bits per heavy atom. The Morgan fingerprint density at radius 3 is 0.780 bits per heavy atom. The van der Waals surface area contributed by atoms with Gasteiger partial charge in [-0.2, -0.15) is 0 Å². The summed E-state index contributed by atoms with van der Waals surface area (Å²) in [5.74, 6) is -0.969. The molecular weight excluding hydrogens is 1010 g/mol. The van der Waals surface area contributed by atoms with Gasteiger partial charge in [0.1, 0.15) is 13.2 Å². The standard InChI is InChI=1S/C76H124O6/c1-4-7-10-13-16-19-22-25-28-31-33-35-36-37-38-39-40-42-43-45-48-51-54-57-60-63-66-69-75(78)81-72-73(71-80-74(77)68-65-62-59-56-53-50-47-30-27-24-21-18-15-12-9-6-3)82-76(79)70-67-64-61-58-55-52-49-46-44-41-34-32-29-26-23-20-17-14-11-8-5-2/h7,10,16,19,23,25-26,28,30,32-35,37-38,40,42,44-48,54,57,73H,4-6,8-9,11-15,17-18,20-22,24,27,29,31,36,39,41,43,49-53,55-56,58-72H2,1-3H3/b10-7-,19-16-,26-23-,28-25-,34-32-,35-33-,38-37-,42-40-,46-44-,47-30-,48-45-,57-54-. The molecule has 0 aromatic rings. The van der Waals surface area contributed by atoms with Crippen LogP contribution in [0.2, 0.25) is 0 Å². The summed E-state index contributed by atoms with van der Waals surface area (Å²) < 4.78 is 16.9. The fraction of sp³-hybridized carbons (Fsp3) is 0.645. The zero-order chi connectivity index (χ0) is 59.2. The van der Waals surface area contributed by atoms with E-state index in [2.05, 4.69) is 167 Å². The maximum atomic E-state index is 12.9. The highest BCUT2D eigenvalue weighted by molar-refractivity contribution is 5.71. The molecule has 0 heterocycles. The molecule has 0 bridgehead atoms. The molecule has 1 unspecified atom stereocenters. The van der Waals surface area contributed by atoms with E-state index < -0.39 is 6.10 Å². The van der Waals surface area contributed by atoms with Crippen LogP contribution in [0.4, 0.5) is 0 Å². The highest BCUT2D eigenvalue weighted by atomic mass is 16.6. The number of rotatable bonds is 60. The van der Waals surface area contributed by atoms with Crippen LogP contribution < -0.4 is 0 Å². The van der Waals surface area contributed by atoms with Crippen LogP contribution in [0.15, 0.2) is 146 Å². The number of carbonyl (C=O) groups excluding carboxylic acids is 3. The molecule has 1 atom stereocenters. The summed E-state index contributed by atoms with van der Waals surface area (Å²) in [7, 11) is 0. The van der Waals surface area contributed by atoms with Gasteiger partial charge in [0.05, 0.1) is 0 Å². The second-order valence-corrected chi connectivity index (χ2v) is 22.0. The van der Waals surface area contributed by atoms with Crippen LogP contribution in [-0.4, -0.2) is 37.2 Å². The van der Waals surface area contributed by atoms with Crippen molar-refractivity contribution in [2.24, 2.45) is 0 Å². The molecule has 6 heteroatoms. The van der Waals surface area contributed by atoms with Crippen molar-refractivity contribution in [3.63, 3.8) is 0 Å². The van der Waals surface area contributed by atoms with E-state index in [-0.39, 0.29) is 31.1 Å². The molecule has 0 aliphatic carbocycles. The van der Waals surface area contributed by atoms with E-state index in [0.717, 1.165) is 141 Å². The topological polar surface area (TPSA) is 78.9 Å². The second-order valence-electron chi connectivity index (χ2n) is 22.0. The SMILES string of the molecule is CC/C=C\C/C=C\C/C=C\C/C=C\C/C=C\C/C=C\C/C=C\C/C=C\CCCCC(=O)OCC(COC(=O)CCCCCCC/C=C\CCCCCCCCC)OC(=O)CCCCCCCC/C=C\C/C=C\C/C=C\CCCCCCC. The van der Waals surface area contributed by atoms with E-state index in [1.54, 1.807) is 0 Å². The minimum Gasteiger partial charge on any atom is -0.462 e. The Hall–Kier alpha value is -4.71. The van der Waals surface area contributed by atoms with Gasteiger partial charge in [-0.1, -0.05) is 276 Å². The third-order valence-corrected chi connectivity index (χ3v) is 14.0. The molecule has 0 saturated carbocycles. The minimum atomic E-state index is -0.815. The van der Waals surface area contributed by atoms with Crippen LogP contribution >= 0.6 is 0 Å². The minimum absolute atomic E-state index is 0.106. The van der Waals surface area contributed by atoms with Gasteiger partial charge >= 0.3 is 17.9 Å². The van der Waals surface area contributed by atoms with Crippen LogP contribution in [0, 0.1) is 0 Å². The average Bonchev–Trinajstić information content (AvgIpc) is 3.47. The Labute approximate surface area is 506 Å². The van der Waals surface area contributed by atoms with Gasteiger partial charge in [-0.15, -0.1) is 0 Å². The summed E-state index contributed by atoms with van der Waals surface area (Å²) in [4.78, 5) is 38.4. The van der Waals surface area contributed by atoms with E-state index in [0.29, 0.717) is 25.7 Å².